The smallest absolute Gasteiger partial charge is 0.416 e. The lowest BCUT2D eigenvalue weighted by molar-refractivity contribution is -0.137. The fourth-order valence-corrected chi connectivity index (χ4v) is 2.49. The maximum absolute atomic E-state index is 12.7. The molecule has 1 aromatic carbocycles. The van der Waals surface area contributed by atoms with Crippen LogP contribution in [-0.4, -0.2) is 35.0 Å². The van der Waals surface area contributed by atoms with Crippen LogP contribution in [0.5, 0.6) is 5.88 Å². The third-order valence-electron chi connectivity index (χ3n) is 3.80. The number of ether oxygens (including phenoxy) is 1. The number of carbonyl (C=O) groups is 1. The summed E-state index contributed by atoms with van der Waals surface area (Å²) in [4.78, 5) is 17.4. The Labute approximate surface area is 152 Å². The van der Waals surface area contributed by atoms with E-state index in [9.17, 15) is 18.0 Å². The summed E-state index contributed by atoms with van der Waals surface area (Å²) in [5.41, 5.74) is 0.0184. The number of aromatic nitrogens is 1. The predicted molar refractivity (Wildman–Crippen MR) is 90.7 cm³/mol. The van der Waals surface area contributed by atoms with Gasteiger partial charge in [-0.3, -0.25) is 4.79 Å². The van der Waals surface area contributed by atoms with Gasteiger partial charge in [0.1, 0.15) is 6.10 Å². The molecule has 0 atom stereocenters. The van der Waals surface area contributed by atoms with Crippen molar-refractivity contribution in [1.82, 2.24) is 9.88 Å². The predicted octanol–water partition coefficient (Wildman–Crippen LogP) is 4.06. The summed E-state index contributed by atoms with van der Waals surface area (Å²) in [7, 11) is 0. The minimum atomic E-state index is -4.45. The number of pyridine rings is 1. The second kappa shape index (κ2) is 7.37. The number of benzene rings is 1. The molecule has 0 unspecified atom stereocenters. The highest BCUT2D eigenvalue weighted by molar-refractivity contribution is 6.30. The van der Waals surface area contributed by atoms with Crippen LogP contribution in [0.4, 0.5) is 13.2 Å². The summed E-state index contributed by atoms with van der Waals surface area (Å²) in [6.45, 7) is 0.587. The SMILES string of the molecule is O=C(/C=C/c1ccc(Cl)cc1)N1CC(Oc2cc(C(F)(F)F)ccn2)C1. The molecule has 2 aromatic rings. The first kappa shape index (κ1) is 18.3. The molecule has 1 amide bonds. The van der Waals surface area contributed by atoms with Gasteiger partial charge in [-0.2, -0.15) is 13.2 Å². The molecule has 4 nitrogen and oxygen atoms in total. The summed E-state index contributed by atoms with van der Waals surface area (Å²) in [6, 6.07) is 8.75. The van der Waals surface area contributed by atoms with Gasteiger partial charge in [0.15, 0.2) is 0 Å². The molecule has 136 valence electrons. The summed E-state index contributed by atoms with van der Waals surface area (Å²) in [6.07, 6.45) is -0.675. The highest BCUT2D eigenvalue weighted by Crippen LogP contribution is 2.31. The van der Waals surface area contributed by atoms with Gasteiger partial charge in [-0.05, 0) is 29.8 Å². The maximum atomic E-state index is 12.7. The quantitative estimate of drug-likeness (QED) is 0.749. The van der Waals surface area contributed by atoms with Crippen molar-refractivity contribution in [2.45, 2.75) is 12.3 Å². The molecule has 0 bridgehead atoms. The molecule has 1 aliphatic heterocycles. The van der Waals surface area contributed by atoms with Crippen LogP contribution >= 0.6 is 11.6 Å². The number of hydrogen-bond donors (Lipinski definition) is 0. The van der Waals surface area contributed by atoms with Gasteiger partial charge in [0.2, 0.25) is 11.8 Å². The number of likely N-dealkylation sites (tertiary alicyclic amines) is 1. The maximum Gasteiger partial charge on any atom is 0.416 e. The topological polar surface area (TPSA) is 42.4 Å². The Morgan fingerprint density at radius 1 is 1.23 bits per heavy atom. The van der Waals surface area contributed by atoms with Crippen LogP contribution in [-0.2, 0) is 11.0 Å². The van der Waals surface area contributed by atoms with Gasteiger partial charge in [0.25, 0.3) is 0 Å². The van der Waals surface area contributed by atoms with Crippen molar-refractivity contribution in [1.29, 1.82) is 0 Å². The van der Waals surface area contributed by atoms with E-state index in [1.807, 2.05) is 0 Å². The molecule has 1 aromatic heterocycles. The van der Waals surface area contributed by atoms with Crippen LogP contribution in [0.3, 0.4) is 0 Å². The van der Waals surface area contributed by atoms with E-state index < -0.39 is 11.7 Å². The standard InChI is InChI=1S/C18H14ClF3N2O2/c19-14-4-1-12(2-5-14)3-6-17(25)24-10-15(11-24)26-16-9-13(7-8-23-16)18(20,21)22/h1-9,15H,10-11H2/b6-3+. The molecule has 0 radical (unpaired) electrons. The second-order valence-electron chi connectivity index (χ2n) is 5.75. The Kier molecular flexibility index (Phi) is 5.18. The lowest BCUT2D eigenvalue weighted by Gasteiger charge is -2.38. The van der Waals surface area contributed by atoms with E-state index in [0.29, 0.717) is 18.1 Å². The molecule has 0 saturated carbocycles. The highest BCUT2D eigenvalue weighted by Gasteiger charge is 2.33. The number of rotatable bonds is 4. The van der Waals surface area contributed by atoms with Gasteiger partial charge in [0, 0.05) is 23.4 Å². The lowest BCUT2D eigenvalue weighted by atomic mass is 10.1. The molecule has 1 fully saturated rings. The Balaban J connectivity index is 1.51. The first-order valence-electron chi connectivity index (χ1n) is 7.74. The number of carbonyl (C=O) groups excluding carboxylic acids is 1. The first-order chi connectivity index (χ1) is 12.3. The number of nitrogens with zero attached hydrogens (tertiary/aromatic N) is 2. The Morgan fingerprint density at radius 2 is 1.92 bits per heavy atom. The molecule has 0 aliphatic carbocycles. The monoisotopic (exact) mass is 382 g/mol. The molecular weight excluding hydrogens is 369 g/mol. The zero-order valence-electron chi connectivity index (χ0n) is 13.4. The Hall–Kier alpha value is -2.54. The summed E-state index contributed by atoms with van der Waals surface area (Å²) in [5.74, 6) is -0.301. The Morgan fingerprint density at radius 3 is 2.58 bits per heavy atom. The molecule has 3 rings (SSSR count). The number of amides is 1. The van der Waals surface area contributed by atoms with E-state index >= 15 is 0 Å². The summed E-state index contributed by atoms with van der Waals surface area (Å²) < 4.78 is 43.4. The average Bonchev–Trinajstić information content (AvgIpc) is 2.56. The van der Waals surface area contributed by atoms with Gasteiger partial charge in [-0.15, -0.1) is 0 Å². The van der Waals surface area contributed by atoms with E-state index in [4.69, 9.17) is 16.3 Å². The molecule has 8 heteroatoms. The zero-order valence-corrected chi connectivity index (χ0v) is 14.2. The number of halogens is 4. The summed E-state index contributed by atoms with van der Waals surface area (Å²) >= 11 is 5.79. The van der Waals surface area contributed by atoms with E-state index in [2.05, 4.69) is 4.98 Å². The third kappa shape index (κ3) is 4.54. The Bertz CT molecular complexity index is 816. The van der Waals surface area contributed by atoms with Crippen molar-refractivity contribution in [3.63, 3.8) is 0 Å². The van der Waals surface area contributed by atoms with Crippen molar-refractivity contribution < 1.29 is 22.7 Å². The van der Waals surface area contributed by atoms with Gasteiger partial charge >= 0.3 is 6.18 Å². The molecular formula is C18H14ClF3N2O2. The lowest BCUT2D eigenvalue weighted by Crippen LogP contribution is -2.55. The molecule has 26 heavy (non-hydrogen) atoms. The van der Waals surface area contributed by atoms with E-state index in [1.165, 1.54) is 11.0 Å². The zero-order chi connectivity index (χ0) is 18.7. The molecule has 0 spiro atoms. The minimum absolute atomic E-state index is 0.103. The highest BCUT2D eigenvalue weighted by atomic mass is 35.5. The minimum Gasteiger partial charge on any atom is -0.471 e. The second-order valence-corrected chi connectivity index (χ2v) is 6.18. The first-order valence-corrected chi connectivity index (χ1v) is 8.11. The van der Waals surface area contributed by atoms with E-state index in [1.54, 1.807) is 30.3 Å². The van der Waals surface area contributed by atoms with Crippen LogP contribution in [0, 0.1) is 0 Å². The third-order valence-corrected chi connectivity index (χ3v) is 4.05. The van der Waals surface area contributed by atoms with Gasteiger partial charge < -0.3 is 9.64 Å². The van der Waals surface area contributed by atoms with Crippen LogP contribution in [0.2, 0.25) is 5.02 Å². The van der Waals surface area contributed by atoms with E-state index in [0.717, 1.165) is 23.9 Å². The fourth-order valence-electron chi connectivity index (χ4n) is 2.36. The summed E-state index contributed by atoms with van der Waals surface area (Å²) in [5, 5.41) is 0.611. The fraction of sp³-hybridized carbons (Fsp3) is 0.222. The largest absolute Gasteiger partial charge is 0.471 e. The van der Waals surface area contributed by atoms with Gasteiger partial charge in [0.05, 0.1) is 18.7 Å². The molecule has 1 aliphatic rings. The van der Waals surface area contributed by atoms with Crippen LogP contribution in [0.15, 0.2) is 48.7 Å². The van der Waals surface area contributed by atoms with Crippen molar-refractivity contribution in [2.75, 3.05) is 13.1 Å². The van der Waals surface area contributed by atoms with Crippen LogP contribution < -0.4 is 4.74 Å². The molecule has 1 saturated heterocycles. The average molecular weight is 383 g/mol. The van der Waals surface area contributed by atoms with Crippen molar-refractivity contribution >= 4 is 23.6 Å². The van der Waals surface area contributed by atoms with Gasteiger partial charge in [-0.25, -0.2) is 4.98 Å². The molecule has 0 N–H and O–H groups in total. The number of alkyl halides is 3. The van der Waals surface area contributed by atoms with Crippen molar-refractivity contribution in [3.05, 3.63) is 64.8 Å². The normalized spacial score (nSPS) is 15.2. The van der Waals surface area contributed by atoms with Crippen molar-refractivity contribution in [2.24, 2.45) is 0 Å². The van der Waals surface area contributed by atoms with E-state index in [-0.39, 0.29) is 17.9 Å². The van der Waals surface area contributed by atoms with Crippen LogP contribution in [0.1, 0.15) is 11.1 Å². The number of hydrogen-bond acceptors (Lipinski definition) is 3. The van der Waals surface area contributed by atoms with Crippen LogP contribution in [0.25, 0.3) is 6.08 Å². The van der Waals surface area contributed by atoms with Crippen molar-refractivity contribution in [3.8, 4) is 5.88 Å². The van der Waals surface area contributed by atoms with Gasteiger partial charge in [-0.1, -0.05) is 23.7 Å². The molecule has 2 heterocycles.